The minimum Gasteiger partial charge on any atom is -0.492 e. The van der Waals surface area contributed by atoms with Crippen LogP contribution in [0.3, 0.4) is 0 Å². The zero-order chi connectivity index (χ0) is 15.7. The minimum absolute atomic E-state index is 0.173. The smallest absolute Gasteiger partial charge is 0.150 e. The molecule has 5 nitrogen and oxygen atoms in total. The Hall–Kier alpha value is -1.14. The molecular weight excluding hydrogens is 288 g/mol. The summed E-state index contributed by atoms with van der Waals surface area (Å²) in [4.78, 5) is 4.48. The monoisotopic (exact) mass is 314 g/mol. The second-order valence-corrected chi connectivity index (χ2v) is 7.49. The van der Waals surface area contributed by atoms with E-state index < -0.39 is 9.84 Å². The van der Waals surface area contributed by atoms with Crippen molar-refractivity contribution in [3.63, 3.8) is 0 Å². The third kappa shape index (κ3) is 6.91. The van der Waals surface area contributed by atoms with E-state index in [0.29, 0.717) is 19.6 Å². The maximum absolute atomic E-state index is 11.4. The fourth-order valence-corrected chi connectivity index (χ4v) is 2.69. The number of nitrogens with zero attached hydrogens (tertiary/aromatic N) is 1. The van der Waals surface area contributed by atoms with Gasteiger partial charge in [0.15, 0.2) is 0 Å². The molecule has 0 spiro atoms. The number of nitrogens with one attached hydrogen (secondary N) is 1. The summed E-state index contributed by atoms with van der Waals surface area (Å²) < 4.78 is 28.5. The molecule has 0 fully saturated rings. The second-order valence-electron chi connectivity index (χ2n) is 5.01. The van der Waals surface area contributed by atoms with Gasteiger partial charge in [-0.3, -0.25) is 4.98 Å². The molecule has 0 aliphatic rings. The summed E-state index contributed by atoms with van der Waals surface area (Å²) in [5, 5.41) is 3.30. The second kappa shape index (κ2) is 9.00. The first-order valence-electron chi connectivity index (χ1n) is 7.49. The molecule has 0 aromatic carbocycles. The fraction of sp³-hybridized carbons (Fsp3) is 0.667. The van der Waals surface area contributed by atoms with Crippen molar-refractivity contribution in [2.45, 2.75) is 40.2 Å². The van der Waals surface area contributed by atoms with Crippen LogP contribution in [0.5, 0.6) is 5.75 Å². The molecule has 0 radical (unpaired) electrons. The Morgan fingerprint density at radius 3 is 2.71 bits per heavy atom. The SMILES string of the molecule is CCCNCc1nc(C)ccc1OCCCS(=O)(=O)CC. The molecule has 0 amide bonds. The number of aryl methyl sites for hydroxylation is 1. The number of ether oxygens (including phenoxy) is 1. The van der Waals surface area contributed by atoms with Gasteiger partial charge in [0.25, 0.3) is 0 Å². The van der Waals surface area contributed by atoms with Gasteiger partial charge in [-0.2, -0.15) is 0 Å². The van der Waals surface area contributed by atoms with E-state index in [1.165, 1.54) is 0 Å². The number of hydrogen-bond donors (Lipinski definition) is 1. The number of rotatable bonds is 10. The molecule has 0 atom stereocenters. The van der Waals surface area contributed by atoms with Crippen molar-refractivity contribution < 1.29 is 13.2 Å². The lowest BCUT2D eigenvalue weighted by Gasteiger charge is -2.12. The highest BCUT2D eigenvalue weighted by atomic mass is 32.2. The van der Waals surface area contributed by atoms with Gasteiger partial charge in [0.1, 0.15) is 15.6 Å². The van der Waals surface area contributed by atoms with Gasteiger partial charge in [-0.15, -0.1) is 0 Å². The highest BCUT2D eigenvalue weighted by molar-refractivity contribution is 7.91. The Labute approximate surface area is 128 Å². The highest BCUT2D eigenvalue weighted by Crippen LogP contribution is 2.17. The van der Waals surface area contributed by atoms with E-state index in [1.807, 2.05) is 19.1 Å². The molecule has 1 N–H and O–H groups in total. The van der Waals surface area contributed by atoms with Crippen LogP contribution in [0.4, 0.5) is 0 Å². The summed E-state index contributed by atoms with van der Waals surface area (Å²) >= 11 is 0. The lowest BCUT2D eigenvalue weighted by atomic mass is 10.2. The largest absolute Gasteiger partial charge is 0.492 e. The molecular formula is C15H26N2O3S. The van der Waals surface area contributed by atoms with Crippen molar-refractivity contribution >= 4 is 9.84 Å². The average molecular weight is 314 g/mol. The molecule has 120 valence electrons. The maximum atomic E-state index is 11.4. The van der Waals surface area contributed by atoms with Gasteiger partial charge in [0, 0.05) is 18.0 Å². The molecule has 1 heterocycles. The van der Waals surface area contributed by atoms with E-state index in [2.05, 4.69) is 17.2 Å². The van der Waals surface area contributed by atoms with E-state index in [4.69, 9.17) is 4.74 Å². The standard InChI is InChI=1S/C15H26N2O3S/c1-4-9-16-12-14-15(8-7-13(3)17-14)20-10-6-11-21(18,19)5-2/h7-8,16H,4-6,9-12H2,1-3H3. The quantitative estimate of drug-likeness (QED) is 0.670. The van der Waals surface area contributed by atoms with Crippen LogP contribution in [0.25, 0.3) is 0 Å². The van der Waals surface area contributed by atoms with Gasteiger partial charge in [0.05, 0.1) is 18.1 Å². The predicted molar refractivity (Wildman–Crippen MR) is 85.4 cm³/mol. The summed E-state index contributed by atoms with van der Waals surface area (Å²) in [5.41, 5.74) is 1.83. The average Bonchev–Trinajstić information content (AvgIpc) is 2.45. The van der Waals surface area contributed by atoms with E-state index >= 15 is 0 Å². The lowest BCUT2D eigenvalue weighted by Crippen LogP contribution is -2.17. The Morgan fingerprint density at radius 1 is 1.29 bits per heavy atom. The molecule has 1 aromatic rings. The normalized spacial score (nSPS) is 11.6. The van der Waals surface area contributed by atoms with Gasteiger partial charge in [0.2, 0.25) is 0 Å². The molecule has 21 heavy (non-hydrogen) atoms. The topological polar surface area (TPSA) is 68.3 Å². The first-order valence-corrected chi connectivity index (χ1v) is 9.31. The summed E-state index contributed by atoms with van der Waals surface area (Å²) in [6, 6.07) is 3.81. The van der Waals surface area contributed by atoms with Gasteiger partial charge >= 0.3 is 0 Å². The molecule has 0 saturated heterocycles. The molecule has 0 aliphatic carbocycles. The lowest BCUT2D eigenvalue weighted by molar-refractivity contribution is 0.311. The van der Waals surface area contributed by atoms with Crippen LogP contribution in [-0.4, -0.2) is 38.1 Å². The summed E-state index contributed by atoms with van der Waals surface area (Å²) in [5.74, 6) is 1.09. The first kappa shape index (κ1) is 17.9. The van der Waals surface area contributed by atoms with Crippen molar-refractivity contribution in [2.75, 3.05) is 24.7 Å². The van der Waals surface area contributed by atoms with Crippen molar-refractivity contribution in [2.24, 2.45) is 0 Å². The highest BCUT2D eigenvalue weighted by Gasteiger charge is 2.09. The van der Waals surface area contributed by atoms with Crippen LogP contribution in [0.15, 0.2) is 12.1 Å². The van der Waals surface area contributed by atoms with Crippen LogP contribution in [0, 0.1) is 6.92 Å². The summed E-state index contributed by atoms with van der Waals surface area (Å²) in [6.45, 7) is 7.72. The molecule has 6 heteroatoms. The third-order valence-electron chi connectivity index (χ3n) is 3.09. The maximum Gasteiger partial charge on any atom is 0.150 e. The molecule has 0 bridgehead atoms. The first-order chi connectivity index (χ1) is 9.98. The van der Waals surface area contributed by atoms with Crippen molar-refractivity contribution in [3.05, 3.63) is 23.5 Å². The van der Waals surface area contributed by atoms with Crippen LogP contribution in [0.1, 0.15) is 38.1 Å². The van der Waals surface area contributed by atoms with Crippen LogP contribution >= 0.6 is 0 Å². The van der Waals surface area contributed by atoms with Gasteiger partial charge in [-0.05, 0) is 38.4 Å². The minimum atomic E-state index is -2.92. The third-order valence-corrected chi connectivity index (χ3v) is 4.88. The Bertz CT molecular complexity index is 530. The van der Waals surface area contributed by atoms with Gasteiger partial charge in [-0.25, -0.2) is 8.42 Å². The number of aromatic nitrogens is 1. The van der Waals surface area contributed by atoms with Crippen molar-refractivity contribution in [3.8, 4) is 5.75 Å². The molecule has 0 aliphatic heterocycles. The number of sulfone groups is 1. The van der Waals surface area contributed by atoms with Gasteiger partial charge < -0.3 is 10.1 Å². The predicted octanol–water partition coefficient (Wildman–Crippen LogP) is 2.09. The van der Waals surface area contributed by atoms with E-state index in [-0.39, 0.29) is 11.5 Å². The van der Waals surface area contributed by atoms with Crippen LogP contribution in [-0.2, 0) is 16.4 Å². The molecule has 0 unspecified atom stereocenters. The zero-order valence-corrected chi connectivity index (χ0v) is 14.0. The summed E-state index contributed by atoms with van der Waals surface area (Å²) in [6.07, 6.45) is 1.57. The van der Waals surface area contributed by atoms with Crippen LogP contribution < -0.4 is 10.1 Å². The van der Waals surface area contributed by atoms with E-state index in [9.17, 15) is 8.42 Å². The van der Waals surface area contributed by atoms with Gasteiger partial charge in [-0.1, -0.05) is 13.8 Å². The van der Waals surface area contributed by atoms with Crippen molar-refractivity contribution in [1.82, 2.24) is 10.3 Å². The van der Waals surface area contributed by atoms with Crippen LogP contribution in [0.2, 0.25) is 0 Å². The van der Waals surface area contributed by atoms with E-state index in [1.54, 1.807) is 6.92 Å². The Balaban J connectivity index is 2.53. The molecule has 0 saturated carbocycles. The molecule has 1 rings (SSSR count). The zero-order valence-electron chi connectivity index (χ0n) is 13.2. The Kier molecular flexibility index (Phi) is 7.67. The summed E-state index contributed by atoms with van der Waals surface area (Å²) in [7, 11) is -2.92. The molecule has 1 aromatic heterocycles. The Morgan fingerprint density at radius 2 is 2.05 bits per heavy atom. The van der Waals surface area contributed by atoms with E-state index in [0.717, 1.165) is 30.1 Å². The number of pyridine rings is 1. The fourth-order valence-electron chi connectivity index (χ4n) is 1.84. The number of hydrogen-bond acceptors (Lipinski definition) is 5. The van der Waals surface area contributed by atoms with Crippen molar-refractivity contribution in [1.29, 1.82) is 0 Å².